The van der Waals surface area contributed by atoms with Crippen molar-refractivity contribution in [1.29, 1.82) is 0 Å². The molecule has 6 N–H and O–H groups in total. The molecule has 0 aliphatic rings. The maximum atomic E-state index is 5.52. The van der Waals surface area contributed by atoms with Crippen LogP contribution >= 0.6 is 24.4 Å². The van der Waals surface area contributed by atoms with Crippen LogP contribution in [-0.4, -0.2) is 19.9 Å². The molecule has 4 rings (SSSR count). The molecule has 0 aliphatic heterocycles. The number of H-pyrrole nitrogens is 2. The monoisotopic (exact) mass is 488 g/mol. The molecule has 0 fully saturated rings. The predicted molar refractivity (Wildman–Crippen MR) is 124 cm³/mol. The third-order valence-corrected chi connectivity index (χ3v) is 4.39. The maximum absolute atomic E-state index is 5.52. The molecule has 0 aromatic carbocycles. The standard InChI is InChI=1S/2C11H9N3S.Fe/c2*12-11(15)10-6-3-5-9(14-10)8-4-1-2-7-13-8;/h2*1-7H,(H2,12,15);/q;;+2/p+2. The maximum Gasteiger partial charge on any atom is 2.00 e. The normalized spacial score (nSPS) is 9.55. The number of aromatic nitrogens is 4. The zero-order chi connectivity index (χ0) is 21.3. The first kappa shape index (κ1) is 24.2. The molecule has 0 aliphatic carbocycles. The summed E-state index contributed by atoms with van der Waals surface area (Å²) in [4.78, 5) is 15.5. The molecule has 154 valence electrons. The zero-order valence-corrected chi connectivity index (χ0v) is 19.0. The molecule has 6 nitrogen and oxygen atoms in total. The fourth-order valence-electron chi connectivity index (χ4n) is 2.55. The topological polar surface area (TPSA) is 106 Å². The Morgan fingerprint density at radius 3 is 1.35 bits per heavy atom. The van der Waals surface area contributed by atoms with E-state index in [-0.39, 0.29) is 17.1 Å². The van der Waals surface area contributed by atoms with Crippen molar-refractivity contribution in [3.8, 4) is 22.8 Å². The van der Waals surface area contributed by atoms with Crippen LogP contribution in [0.25, 0.3) is 22.8 Å². The molecule has 31 heavy (non-hydrogen) atoms. The van der Waals surface area contributed by atoms with Gasteiger partial charge in [-0.05, 0) is 36.4 Å². The van der Waals surface area contributed by atoms with Crippen LogP contribution in [0.5, 0.6) is 0 Å². The second-order valence-electron chi connectivity index (χ2n) is 6.10. The number of nitrogens with two attached hydrogens (primary N) is 2. The van der Waals surface area contributed by atoms with E-state index < -0.39 is 0 Å². The van der Waals surface area contributed by atoms with Crippen LogP contribution in [0.15, 0.2) is 85.2 Å². The Morgan fingerprint density at radius 2 is 1.03 bits per heavy atom. The summed E-state index contributed by atoms with van der Waals surface area (Å²) in [6.07, 6.45) is 3.70. The van der Waals surface area contributed by atoms with Crippen LogP contribution in [0.1, 0.15) is 11.4 Å². The Kier molecular flexibility index (Phi) is 9.30. The van der Waals surface area contributed by atoms with Gasteiger partial charge in [0.25, 0.3) is 0 Å². The van der Waals surface area contributed by atoms with E-state index in [1.54, 1.807) is 12.1 Å². The number of hydrogen-bond donors (Lipinski definition) is 2. The van der Waals surface area contributed by atoms with Gasteiger partial charge in [-0.25, -0.2) is 19.9 Å². The molecule has 4 aromatic heterocycles. The van der Waals surface area contributed by atoms with E-state index in [0.717, 1.165) is 22.8 Å². The molecule has 0 atom stereocenters. The van der Waals surface area contributed by atoms with E-state index in [0.29, 0.717) is 21.4 Å². The average molecular weight is 488 g/mol. The SMILES string of the molecule is NC(=S)c1cccc(-c2cccc[nH+]2)n1.NC(=S)c1cccc(-c2cccc[nH+]2)n1.[Fe+2]. The summed E-state index contributed by atoms with van der Waals surface area (Å²) >= 11 is 9.75. The van der Waals surface area contributed by atoms with Crippen molar-refractivity contribution in [3.05, 3.63) is 96.6 Å². The van der Waals surface area contributed by atoms with Crippen molar-refractivity contribution in [2.45, 2.75) is 0 Å². The van der Waals surface area contributed by atoms with Gasteiger partial charge < -0.3 is 11.5 Å². The van der Waals surface area contributed by atoms with Gasteiger partial charge in [-0.2, -0.15) is 0 Å². The van der Waals surface area contributed by atoms with Crippen molar-refractivity contribution in [1.82, 2.24) is 9.97 Å². The van der Waals surface area contributed by atoms with Crippen LogP contribution in [-0.2, 0) is 17.1 Å². The third kappa shape index (κ3) is 6.97. The minimum atomic E-state index is 0. The summed E-state index contributed by atoms with van der Waals surface area (Å²) in [5, 5.41) is 0. The van der Waals surface area contributed by atoms with Crippen molar-refractivity contribution in [3.63, 3.8) is 0 Å². The first-order chi connectivity index (χ1) is 14.5. The van der Waals surface area contributed by atoms with E-state index in [1.807, 2.05) is 73.1 Å². The van der Waals surface area contributed by atoms with Crippen molar-refractivity contribution >= 4 is 34.4 Å². The second-order valence-corrected chi connectivity index (χ2v) is 6.98. The van der Waals surface area contributed by atoms with Gasteiger partial charge in [-0.1, -0.05) is 36.6 Å². The molecular weight excluding hydrogens is 468 g/mol. The number of hydrogen-bond acceptors (Lipinski definition) is 4. The van der Waals surface area contributed by atoms with E-state index in [9.17, 15) is 0 Å². The first-order valence-electron chi connectivity index (χ1n) is 9.02. The molecule has 0 saturated heterocycles. The predicted octanol–water partition coefficient (Wildman–Crippen LogP) is 2.39. The summed E-state index contributed by atoms with van der Waals surface area (Å²) in [7, 11) is 0. The van der Waals surface area contributed by atoms with Gasteiger partial charge in [0.15, 0.2) is 12.4 Å². The van der Waals surface area contributed by atoms with Crippen LogP contribution in [0.3, 0.4) is 0 Å². The third-order valence-electron chi connectivity index (χ3n) is 3.97. The molecule has 0 saturated carbocycles. The number of nitrogens with zero attached hydrogens (tertiary/aromatic N) is 2. The Labute approximate surface area is 201 Å². The zero-order valence-electron chi connectivity index (χ0n) is 16.3. The Bertz CT molecular complexity index is 1060. The average Bonchev–Trinajstić information content (AvgIpc) is 2.81. The van der Waals surface area contributed by atoms with Crippen LogP contribution in [0.4, 0.5) is 0 Å². The van der Waals surface area contributed by atoms with Gasteiger partial charge in [0.2, 0.25) is 11.4 Å². The summed E-state index contributed by atoms with van der Waals surface area (Å²) in [6.45, 7) is 0. The van der Waals surface area contributed by atoms with Crippen molar-refractivity contribution < 1.29 is 27.0 Å². The van der Waals surface area contributed by atoms with Gasteiger partial charge in [0.05, 0.1) is 11.4 Å². The van der Waals surface area contributed by atoms with Gasteiger partial charge in [0, 0.05) is 24.3 Å². The smallest absolute Gasteiger partial charge is 0.388 e. The van der Waals surface area contributed by atoms with Gasteiger partial charge >= 0.3 is 17.1 Å². The Balaban J connectivity index is 0.000000213. The van der Waals surface area contributed by atoms with Gasteiger partial charge in [-0.15, -0.1) is 0 Å². The number of aromatic amines is 2. The van der Waals surface area contributed by atoms with E-state index in [4.69, 9.17) is 35.9 Å². The number of pyridine rings is 4. The largest absolute Gasteiger partial charge is 2.00 e. The summed E-state index contributed by atoms with van der Waals surface area (Å²) in [5.74, 6) is 0. The summed E-state index contributed by atoms with van der Waals surface area (Å²) in [5.41, 5.74) is 15.9. The van der Waals surface area contributed by atoms with Gasteiger partial charge in [-0.3, -0.25) is 0 Å². The Morgan fingerprint density at radius 1 is 0.613 bits per heavy atom. The molecule has 0 amide bonds. The fourth-order valence-corrected chi connectivity index (χ4v) is 2.78. The molecule has 4 heterocycles. The quantitative estimate of drug-likeness (QED) is 0.338. The van der Waals surface area contributed by atoms with Crippen molar-refractivity contribution in [2.24, 2.45) is 11.5 Å². The van der Waals surface area contributed by atoms with E-state index in [1.165, 1.54) is 0 Å². The molecule has 0 radical (unpaired) electrons. The molecule has 0 bridgehead atoms. The van der Waals surface area contributed by atoms with Crippen LogP contribution in [0, 0.1) is 0 Å². The molecule has 4 aromatic rings. The molecule has 9 heteroatoms. The summed E-state index contributed by atoms with van der Waals surface area (Å²) in [6, 6.07) is 22.8. The number of rotatable bonds is 4. The fraction of sp³-hybridized carbons (Fsp3) is 0. The first-order valence-corrected chi connectivity index (χ1v) is 9.84. The number of nitrogens with one attached hydrogen (secondary N) is 2. The minimum Gasteiger partial charge on any atom is -0.388 e. The van der Waals surface area contributed by atoms with Crippen LogP contribution in [0.2, 0.25) is 0 Å². The molecule has 0 spiro atoms. The van der Waals surface area contributed by atoms with Crippen molar-refractivity contribution in [2.75, 3.05) is 0 Å². The summed E-state index contributed by atoms with van der Waals surface area (Å²) < 4.78 is 0. The van der Waals surface area contributed by atoms with E-state index >= 15 is 0 Å². The van der Waals surface area contributed by atoms with E-state index in [2.05, 4.69) is 19.9 Å². The number of thiocarbonyl (C=S) groups is 2. The molecule has 0 unspecified atom stereocenters. The van der Waals surface area contributed by atoms with Crippen LogP contribution < -0.4 is 21.4 Å². The Hall–Kier alpha value is -3.10. The second kappa shape index (κ2) is 11.9. The molecular formula is C22H20FeN6S2+4. The van der Waals surface area contributed by atoms with Gasteiger partial charge in [0.1, 0.15) is 21.4 Å². The minimum absolute atomic E-state index is 0.